The van der Waals surface area contributed by atoms with Crippen molar-refractivity contribution in [3.8, 4) is 0 Å². The normalized spacial score (nSPS) is 10.3. The van der Waals surface area contributed by atoms with Crippen molar-refractivity contribution in [2.24, 2.45) is 0 Å². The number of aliphatic carboxylic acids is 1. The first-order chi connectivity index (χ1) is 6.93. The molecular formula is C10H13N2O3-. The highest BCUT2D eigenvalue weighted by atomic mass is 16.4. The zero-order valence-corrected chi connectivity index (χ0v) is 9.03. The second-order valence-corrected chi connectivity index (χ2v) is 3.45. The van der Waals surface area contributed by atoms with Crippen LogP contribution < -0.4 is 5.11 Å². The van der Waals surface area contributed by atoms with Gasteiger partial charge in [-0.2, -0.15) is 5.10 Å². The molecule has 1 rings (SSSR count). The summed E-state index contributed by atoms with van der Waals surface area (Å²) in [7, 11) is 0. The summed E-state index contributed by atoms with van der Waals surface area (Å²) in [6.45, 7) is 5.20. The molecule has 1 aromatic rings. The van der Waals surface area contributed by atoms with Gasteiger partial charge in [-0.1, -0.05) is 0 Å². The number of ketones is 1. The van der Waals surface area contributed by atoms with Gasteiger partial charge in [-0.3, -0.25) is 9.48 Å². The van der Waals surface area contributed by atoms with E-state index >= 15 is 0 Å². The zero-order chi connectivity index (χ0) is 11.6. The molecule has 82 valence electrons. The van der Waals surface area contributed by atoms with E-state index in [2.05, 4.69) is 5.10 Å². The van der Waals surface area contributed by atoms with E-state index in [1.807, 2.05) is 0 Å². The average molecular weight is 209 g/mol. The number of Topliss-reactive ketones (excluding diaryl/α,β-unsaturated/α-hetero) is 1. The Kier molecular flexibility index (Phi) is 3.24. The zero-order valence-electron chi connectivity index (χ0n) is 9.03. The Morgan fingerprint density at radius 1 is 1.40 bits per heavy atom. The molecule has 0 fully saturated rings. The van der Waals surface area contributed by atoms with E-state index in [1.165, 1.54) is 11.6 Å². The van der Waals surface area contributed by atoms with Crippen LogP contribution in [0.5, 0.6) is 0 Å². The third-order valence-corrected chi connectivity index (χ3v) is 2.26. The van der Waals surface area contributed by atoms with Crippen LogP contribution in [0.1, 0.15) is 35.1 Å². The van der Waals surface area contributed by atoms with Crippen molar-refractivity contribution in [3.05, 3.63) is 17.0 Å². The summed E-state index contributed by atoms with van der Waals surface area (Å²) in [6.07, 6.45) is -0.0979. The summed E-state index contributed by atoms with van der Waals surface area (Å²) in [5, 5.41) is 14.4. The molecule has 1 heterocycles. The van der Waals surface area contributed by atoms with Gasteiger partial charge in [0, 0.05) is 24.6 Å². The molecule has 1 aromatic heterocycles. The lowest BCUT2D eigenvalue weighted by molar-refractivity contribution is -0.306. The van der Waals surface area contributed by atoms with Crippen LogP contribution in [-0.2, 0) is 11.3 Å². The molecule has 0 aliphatic heterocycles. The van der Waals surface area contributed by atoms with Gasteiger partial charge in [-0.05, 0) is 20.8 Å². The molecule has 0 unspecified atom stereocenters. The Morgan fingerprint density at radius 3 is 2.40 bits per heavy atom. The van der Waals surface area contributed by atoms with Crippen molar-refractivity contribution in [2.45, 2.75) is 33.7 Å². The molecule has 0 radical (unpaired) electrons. The molecule has 0 saturated heterocycles. The fraction of sp³-hybridized carbons (Fsp3) is 0.500. The van der Waals surface area contributed by atoms with E-state index in [4.69, 9.17) is 0 Å². The summed E-state index contributed by atoms with van der Waals surface area (Å²) < 4.78 is 1.53. The molecule has 0 atom stereocenters. The van der Waals surface area contributed by atoms with E-state index in [-0.39, 0.29) is 18.7 Å². The van der Waals surface area contributed by atoms with Gasteiger partial charge in [0.05, 0.1) is 11.3 Å². The molecule has 5 heteroatoms. The fourth-order valence-electron chi connectivity index (χ4n) is 1.62. The number of aryl methyl sites for hydroxylation is 2. The number of rotatable bonds is 4. The van der Waals surface area contributed by atoms with E-state index in [0.717, 1.165) is 0 Å². The van der Waals surface area contributed by atoms with Crippen molar-refractivity contribution in [1.82, 2.24) is 9.78 Å². The largest absolute Gasteiger partial charge is 0.550 e. The van der Waals surface area contributed by atoms with Crippen LogP contribution >= 0.6 is 0 Å². The number of carbonyl (C=O) groups excluding carboxylic acids is 2. The van der Waals surface area contributed by atoms with Gasteiger partial charge in [-0.15, -0.1) is 0 Å². The summed E-state index contributed by atoms with van der Waals surface area (Å²) in [5.41, 5.74) is 1.92. The molecule has 0 N–H and O–H groups in total. The fourth-order valence-corrected chi connectivity index (χ4v) is 1.62. The third kappa shape index (κ3) is 2.43. The van der Waals surface area contributed by atoms with E-state index < -0.39 is 5.97 Å². The predicted molar refractivity (Wildman–Crippen MR) is 51.3 cm³/mol. The Morgan fingerprint density at radius 2 is 2.00 bits per heavy atom. The molecule has 0 aromatic carbocycles. The third-order valence-electron chi connectivity index (χ3n) is 2.26. The highest BCUT2D eigenvalue weighted by molar-refractivity contribution is 5.96. The van der Waals surface area contributed by atoms with E-state index in [0.29, 0.717) is 17.0 Å². The van der Waals surface area contributed by atoms with Crippen molar-refractivity contribution in [1.29, 1.82) is 0 Å². The number of hydrogen-bond acceptors (Lipinski definition) is 4. The van der Waals surface area contributed by atoms with Gasteiger partial charge < -0.3 is 9.90 Å². The van der Waals surface area contributed by atoms with Crippen LogP contribution in [0.15, 0.2) is 0 Å². The Bertz CT molecular complexity index is 407. The van der Waals surface area contributed by atoms with Crippen LogP contribution in [-0.4, -0.2) is 21.5 Å². The van der Waals surface area contributed by atoms with Gasteiger partial charge in [0.1, 0.15) is 0 Å². The SMILES string of the molecule is CC(=O)c1c(C)nn(CCC(=O)[O-])c1C. The van der Waals surface area contributed by atoms with Crippen LogP contribution in [0, 0.1) is 13.8 Å². The van der Waals surface area contributed by atoms with E-state index in [1.54, 1.807) is 13.8 Å². The van der Waals surface area contributed by atoms with Crippen molar-refractivity contribution < 1.29 is 14.7 Å². The van der Waals surface area contributed by atoms with Gasteiger partial charge >= 0.3 is 0 Å². The molecular weight excluding hydrogens is 196 g/mol. The van der Waals surface area contributed by atoms with Crippen molar-refractivity contribution in [3.63, 3.8) is 0 Å². The first-order valence-electron chi connectivity index (χ1n) is 4.68. The maximum atomic E-state index is 11.3. The Labute approximate surface area is 87.7 Å². The summed E-state index contributed by atoms with van der Waals surface area (Å²) in [4.78, 5) is 21.5. The van der Waals surface area contributed by atoms with Crippen LogP contribution in [0.25, 0.3) is 0 Å². The molecule has 0 saturated carbocycles. The monoisotopic (exact) mass is 209 g/mol. The molecule has 0 bridgehead atoms. The first-order valence-corrected chi connectivity index (χ1v) is 4.68. The average Bonchev–Trinajstić information content (AvgIpc) is 2.37. The van der Waals surface area contributed by atoms with E-state index in [9.17, 15) is 14.7 Å². The van der Waals surface area contributed by atoms with Crippen molar-refractivity contribution >= 4 is 11.8 Å². The van der Waals surface area contributed by atoms with Gasteiger partial charge in [0.2, 0.25) is 0 Å². The highest BCUT2D eigenvalue weighted by Gasteiger charge is 2.14. The number of hydrogen-bond donors (Lipinski definition) is 0. The Balaban J connectivity index is 2.96. The molecule has 5 nitrogen and oxygen atoms in total. The lowest BCUT2D eigenvalue weighted by atomic mass is 10.1. The lowest BCUT2D eigenvalue weighted by Gasteiger charge is -2.04. The minimum Gasteiger partial charge on any atom is -0.550 e. The molecule has 0 aliphatic carbocycles. The highest BCUT2D eigenvalue weighted by Crippen LogP contribution is 2.13. The maximum Gasteiger partial charge on any atom is 0.163 e. The lowest BCUT2D eigenvalue weighted by Crippen LogP contribution is -2.24. The maximum absolute atomic E-state index is 11.3. The Hall–Kier alpha value is -1.65. The second-order valence-electron chi connectivity index (χ2n) is 3.45. The van der Waals surface area contributed by atoms with Crippen molar-refractivity contribution in [2.75, 3.05) is 0 Å². The molecule has 15 heavy (non-hydrogen) atoms. The van der Waals surface area contributed by atoms with Gasteiger partial charge in [0.15, 0.2) is 5.78 Å². The van der Waals surface area contributed by atoms with Gasteiger partial charge in [0.25, 0.3) is 0 Å². The number of nitrogens with zero attached hydrogens (tertiary/aromatic N) is 2. The quantitative estimate of drug-likeness (QED) is 0.646. The van der Waals surface area contributed by atoms with Crippen LogP contribution in [0.2, 0.25) is 0 Å². The summed E-state index contributed by atoms with van der Waals surface area (Å²) in [5.74, 6) is -1.17. The number of carbonyl (C=O) groups is 2. The molecule has 0 aliphatic rings. The molecule has 0 amide bonds. The standard InChI is InChI=1S/C10H14N2O3/c1-6-10(8(3)13)7(2)12(11-6)5-4-9(14)15/h4-5H2,1-3H3,(H,14,15)/p-1. The first kappa shape index (κ1) is 11.4. The number of carboxylic acid groups (broad SMARTS) is 1. The summed E-state index contributed by atoms with van der Waals surface area (Å²) in [6, 6.07) is 0. The minimum atomic E-state index is -1.12. The smallest absolute Gasteiger partial charge is 0.163 e. The molecule has 0 spiro atoms. The second kappa shape index (κ2) is 4.25. The predicted octanol–water partition coefficient (Wildman–Crippen LogP) is -0.157. The minimum absolute atomic E-state index is 0.0512. The number of carboxylic acids is 1. The van der Waals surface area contributed by atoms with Crippen LogP contribution in [0.4, 0.5) is 0 Å². The number of aromatic nitrogens is 2. The van der Waals surface area contributed by atoms with Gasteiger partial charge in [-0.25, -0.2) is 0 Å². The topological polar surface area (TPSA) is 75.0 Å². The summed E-state index contributed by atoms with van der Waals surface area (Å²) >= 11 is 0. The van der Waals surface area contributed by atoms with Crippen LogP contribution in [0.3, 0.4) is 0 Å².